The molecular weight excluding hydrogens is 530 g/mol. The molecule has 4 nitrogen and oxygen atoms in total. The van der Waals surface area contributed by atoms with Crippen molar-refractivity contribution < 1.29 is 14.3 Å². The van der Waals surface area contributed by atoms with Gasteiger partial charge in [-0.3, -0.25) is 9.69 Å². The van der Waals surface area contributed by atoms with Gasteiger partial charge in [-0.15, -0.1) is 0 Å². The summed E-state index contributed by atoms with van der Waals surface area (Å²) in [6, 6.07) is 20.4. The molecule has 0 bridgehead atoms. The molecule has 4 rings (SSSR count). The Labute approximate surface area is 209 Å². The minimum Gasteiger partial charge on any atom is -0.497 e. The van der Waals surface area contributed by atoms with Gasteiger partial charge in [0.1, 0.15) is 18.1 Å². The van der Waals surface area contributed by atoms with Crippen molar-refractivity contribution in [3.8, 4) is 11.5 Å². The number of rotatable bonds is 6. The van der Waals surface area contributed by atoms with Gasteiger partial charge in [0.2, 0.25) is 0 Å². The average molecular weight is 547 g/mol. The maximum atomic E-state index is 13.1. The molecule has 0 aromatic heterocycles. The van der Waals surface area contributed by atoms with Crippen LogP contribution in [0, 0.1) is 0 Å². The van der Waals surface area contributed by atoms with E-state index in [1.807, 2.05) is 60.7 Å². The summed E-state index contributed by atoms with van der Waals surface area (Å²) in [7, 11) is 1.60. The van der Waals surface area contributed by atoms with Gasteiger partial charge in [-0.2, -0.15) is 0 Å². The van der Waals surface area contributed by atoms with Crippen LogP contribution in [0.15, 0.2) is 76.1 Å². The standard InChI is InChI=1S/C24H17BrClNO3S2/c1-29-20-9-7-19(8-10-20)27-23(28)22(32-24(27)31)13-16-12-17(25)4-11-21(16)30-14-15-2-5-18(26)6-3-15/h2-13H,14H2,1H3/b22-13-. The lowest BCUT2D eigenvalue weighted by atomic mass is 10.1. The van der Waals surface area contributed by atoms with E-state index in [1.54, 1.807) is 19.2 Å². The van der Waals surface area contributed by atoms with Gasteiger partial charge >= 0.3 is 0 Å². The molecule has 32 heavy (non-hydrogen) atoms. The molecule has 1 fully saturated rings. The molecule has 162 valence electrons. The maximum Gasteiger partial charge on any atom is 0.270 e. The van der Waals surface area contributed by atoms with E-state index in [2.05, 4.69) is 15.9 Å². The molecule has 0 N–H and O–H groups in total. The number of carbonyl (C=O) groups excluding carboxylic acids is 1. The van der Waals surface area contributed by atoms with Crippen LogP contribution in [0.1, 0.15) is 11.1 Å². The molecule has 1 aliphatic heterocycles. The number of anilines is 1. The number of hydrogen-bond donors (Lipinski definition) is 0. The van der Waals surface area contributed by atoms with Crippen LogP contribution in [0.3, 0.4) is 0 Å². The van der Waals surface area contributed by atoms with Crippen LogP contribution < -0.4 is 14.4 Å². The summed E-state index contributed by atoms with van der Waals surface area (Å²) in [5.41, 5.74) is 2.47. The lowest BCUT2D eigenvalue weighted by molar-refractivity contribution is -0.113. The van der Waals surface area contributed by atoms with Crippen LogP contribution in [-0.4, -0.2) is 17.3 Å². The number of benzene rings is 3. The van der Waals surface area contributed by atoms with Crippen molar-refractivity contribution in [3.63, 3.8) is 0 Å². The van der Waals surface area contributed by atoms with Crippen LogP contribution in [0.5, 0.6) is 11.5 Å². The second kappa shape index (κ2) is 10.1. The number of halogens is 2. The van der Waals surface area contributed by atoms with Crippen molar-refractivity contribution in [2.75, 3.05) is 12.0 Å². The Balaban J connectivity index is 1.58. The fraction of sp³-hybridized carbons (Fsp3) is 0.0833. The fourth-order valence-electron chi connectivity index (χ4n) is 3.07. The van der Waals surface area contributed by atoms with Crippen LogP contribution in [0.2, 0.25) is 5.02 Å². The molecule has 1 aliphatic rings. The first-order valence-electron chi connectivity index (χ1n) is 9.53. The Kier molecular flexibility index (Phi) is 7.20. The minimum atomic E-state index is -0.172. The molecule has 0 spiro atoms. The zero-order valence-corrected chi connectivity index (χ0v) is 20.9. The third-order valence-corrected chi connectivity index (χ3v) is 6.74. The summed E-state index contributed by atoms with van der Waals surface area (Å²) in [6.45, 7) is 0.381. The molecule has 1 amide bonds. The summed E-state index contributed by atoms with van der Waals surface area (Å²) in [5.74, 6) is 1.21. The third-order valence-electron chi connectivity index (χ3n) is 4.69. The highest BCUT2D eigenvalue weighted by atomic mass is 79.9. The highest BCUT2D eigenvalue weighted by molar-refractivity contribution is 9.10. The van der Waals surface area contributed by atoms with Gasteiger partial charge in [0.15, 0.2) is 4.32 Å². The molecule has 0 saturated carbocycles. The molecule has 1 saturated heterocycles. The number of nitrogens with zero attached hydrogens (tertiary/aromatic N) is 1. The SMILES string of the molecule is COc1ccc(N2C(=O)/C(=C/c3cc(Br)ccc3OCc3ccc(Cl)cc3)SC2=S)cc1. The number of ether oxygens (including phenoxy) is 2. The van der Waals surface area contributed by atoms with Gasteiger partial charge in [-0.05, 0) is 66.2 Å². The summed E-state index contributed by atoms with van der Waals surface area (Å²) < 4.78 is 12.6. The maximum absolute atomic E-state index is 13.1. The molecule has 1 heterocycles. The van der Waals surface area contributed by atoms with E-state index in [1.165, 1.54) is 16.7 Å². The van der Waals surface area contributed by atoms with E-state index < -0.39 is 0 Å². The number of amides is 1. The number of thiocarbonyl (C=S) groups is 1. The Morgan fingerprint density at radius 2 is 1.81 bits per heavy atom. The summed E-state index contributed by atoms with van der Waals surface area (Å²) in [4.78, 5) is 15.2. The number of carbonyl (C=O) groups is 1. The molecule has 3 aromatic rings. The Morgan fingerprint density at radius 1 is 1.09 bits per heavy atom. The minimum absolute atomic E-state index is 0.172. The Morgan fingerprint density at radius 3 is 2.50 bits per heavy atom. The number of hydrogen-bond acceptors (Lipinski definition) is 5. The normalized spacial score (nSPS) is 14.8. The van der Waals surface area contributed by atoms with E-state index in [4.69, 9.17) is 33.3 Å². The smallest absolute Gasteiger partial charge is 0.270 e. The largest absolute Gasteiger partial charge is 0.497 e. The van der Waals surface area contributed by atoms with Crippen molar-refractivity contribution in [2.45, 2.75) is 6.61 Å². The van der Waals surface area contributed by atoms with Crippen molar-refractivity contribution in [1.82, 2.24) is 0 Å². The molecule has 0 aliphatic carbocycles. The highest BCUT2D eigenvalue weighted by Crippen LogP contribution is 2.38. The van der Waals surface area contributed by atoms with Crippen molar-refractivity contribution >= 4 is 73.5 Å². The van der Waals surface area contributed by atoms with Gasteiger partial charge in [-0.25, -0.2) is 0 Å². The first-order valence-corrected chi connectivity index (χ1v) is 11.9. The fourth-order valence-corrected chi connectivity index (χ4v) is 4.86. The molecule has 3 aromatic carbocycles. The molecular formula is C24H17BrClNO3S2. The third kappa shape index (κ3) is 5.18. The van der Waals surface area contributed by atoms with E-state index in [0.717, 1.165) is 15.6 Å². The molecule has 0 unspecified atom stereocenters. The first kappa shape index (κ1) is 22.9. The van der Waals surface area contributed by atoms with E-state index in [9.17, 15) is 4.79 Å². The van der Waals surface area contributed by atoms with Gasteiger partial charge in [-0.1, -0.05) is 63.6 Å². The lowest BCUT2D eigenvalue weighted by Crippen LogP contribution is -2.27. The zero-order chi connectivity index (χ0) is 22.7. The van der Waals surface area contributed by atoms with Gasteiger partial charge in [0, 0.05) is 15.1 Å². The quantitative estimate of drug-likeness (QED) is 0.244. The average Bonchev–Trinajstić information content (AvgIpc) is 3.07. The second-order valence-corrected chi connectivity index (χ2v) is 9.84. The van der Waals surface area contributed by atoms with Crippen molar-refractivity contribution in [3.05, 3.63) is 92.3 Å². The van der Waals surface area contributed by atoms with E-state index in [-0.39, 0.29) is 5.91 Å². The van der Waals surface area contributed by atoms with Gasteiger partial charge in [0.25, 0.3) is 5.91 Å². The monoisotopic (exact) mass is 545 g/mol. The predicted octanol–water partition coefficient (Wildman–Crippen LogP) is 7.10. The van der Waals surface area contributed by atoms with Crippen molar-refractivity contribution in [1.29, 1.82) is 0 Å². The molecule has 0 radical (unpaired) electrons. The Hall–Kier alpha value is -2.32. The van der Waals surface area contributed by atoms with Crippen LogP contribution in [-0.2, 0) is 11.4 Å². The first-order chi connectivity index (χ1) is 15.4. The van der Waals surface area contributed by atoms with Gasteiger partial charge < -0.3 is 9.47 Å². The number of thioether (sulfide) groups is 1. The zero-order valence-electron chi connectivity index (χ0n) is 16.9. The molecule has 0 atom stereocenters. The topological polar surface area (TPSA) is 38.8 Å². The summed E-state index contributed by atoms with van der Waals surface area (Å²) in [6.07, 6.45) is 1.81. The second-order valence-electron chi connectivity index (χ2n) is 6.81. The molecule has 8 heteroatoms. The summed E-state index contributed by atoms with van der Waals surface area (Å²) in [5, 5.41) is 0.678. The predicted molar refractivity (Wildman–Crippen MR) is 139 cm³/mol. The Bertz CT molecular complexity index is 1200. The van der Waals surface area contributed by atoms with E-state index in [0.29, 0.717) is 38.0 Å². The summed E-state index contributed by atoms with van der Waals surface area (Å²) >= 11 is 16.2. The highest BCUT2D eigenvalue weighted by Gasteiger charge is 2.33. The van der Waals surface area contributed by atoms with E-state index >= 15 is 0 Å². The van der Waals surface area contributed by atoms with Crippen LogP contribution in [0.25, 0.3) is 6.08 Å². The van der Waals surface area contributed by atoms with Crippen molar-refractivity contribution in [2.24, 2.45) is 0 Å². The van der Waals surface area contributed by atoms with Crippen LogP contribution in [0.4, 0.5) is 5.69 Å². The lowest BCUT2D eigenvalue weighted by Gasteiger charge is -2.14. The number of methoxy groups -OCH3 is 1. The van der Waals surface area contributed by atoms with Crippen LogP contribution >= 0.6 is 51.5 Å². The van der Waals surface area contributed by atoms with Gasteiger partial charge in [0.05, 0.1) is 17.7 Å².